The van der Waals surface area contributed by atoms with Crippen molar-refractivity contribution in [1.29, 1.82) is 0 Å². The van der Waals surface area contributed by atoms with Crippen molar-refractivity contribution in [3.63, 3.8) is 0 Å². The Bertz CT molecular complexity index is 669. The molecule has 1 aromatic carbocycles. The zero-order valence-electron chi connectivity index (χ0n) is 12.0. The summed E-state index contributed by atoms with van der Waals surface area (Å²) in [6.45, 7) is 0. The number of carbonyl (C=O) groups is 1. The molecule has 1 aromatic heterocycles. The highest BCUT2D eigenvalue weighted by molar-refractivity contribution is 6.34. The first-order chi connectivity index (χ1) is 9.63. The number of methoxy groups -OCH3 is 1. The maximum absolute atomic E-state index is 11.7. The first-order valence-corrected chi connectivity index (χ1v) is 7.09. The van der Waals surface area contributed by atoms with Crippen molar-refractivity contribution in [2.45, 2.75) is 31.6 Å². The summed E-state index contributed by atoms with van der Waals surface area (Å²) >= 11 is 0. The molecule has 1 heterocycles. The maximum atomic E-state index is 11.7. The Morgan fingerprint density at radius 1 is 1.35 bits per heavy atom. The van der Waals surface area contributed by atoms with Crippen LogP contribution >= 0.6 is 0 Å². The van der Waals surface area contributed by atoms with E-state index in [1.807, 2.05) is 29.8 Å². The van der Waals surface area contributed by atoms with Crippen LogP contribution in [0.4, 0.5) is 0 Å². The molecule has 2 radical (unpaired) electrons. The van der Waals surface area contributed by atoms with E-state index in [-0.39, 0.29) is 5.97 Å². The minimum atomic E-state index is -0.311. The molecule has 20 heavy (non-hydrogen) atoms. The summed E-state index contributed by atoms with van der Waals surface area (Å²) in [6.07, 6.45) is 4.98. The van der Waals surface area contributed by atoms with Crippen LogP contribution in [-0.2, 0) is 11.8 Å². The second kappa shape index (κ2) is 5.00. The molecule has 1 fully saturated rings. The highest BCUT2D eigenvalue weighted by Crippen LogP contribution is 2.37. The monoisotopic (exact) mass is 267 g/mol. The summed E-state index contributed by atoms with van der Waals surface area (Å²) < 4.78 is 6.76. The van der Waals surface area contributed by atoms with Gasteiger partial charge in [0, 0.05) is 18.0 Å². The Morgan fingerprint density at radius 3 is 2.70 bits per heavy atom. The number of benzene rings is 1. The molecule has 2 aromatic rings. The summed E-state index contributed by atoms with van der Waals surface area (Å²) in [5.74, 6) is 0.247. The Hall–Kier alpha value is -1.71. The zero-order chi connectivity index (χ0) is 14.3. The lowest BCUT2D eigenvalue weighted by Gasteiger charge is -2.10. The van der Waals surface area contributed by atoms with Gasteiger partial charge in [-0.2, -0.15) is 0 Å². The normalized spacial score (nSPS) is 15.9. The van der Waals surface area contributed by atoms with E-state index in [1.165, 1.54) is 43.7 Å². The van der Waals surface area contributed by atoms with E-state index in [4.69, 9.17) is 12.6 Å². The molecule has 4 heteroatoms. The molecule has 0 unspecified atom stereocenters. The first-order valence-electron chi connectivity index (χ1n) is 7.09. The third kappa shape index (κ3) is 1.94. The van der Waals surface area contributed by atoms with Crippen molar-refractivity contribution in [2.75, 3.05) is 7.11 Å². The first kappa shape index (κ1) is 13.3. The minimum absolute atomic E-state index is 0.311. The van der Waals surface area contributed by atoms with Gasteiger partial charge in [0.25, 0.3) is 0 Å². The standard InChI is InChI=1S/C16H18BNO2/c1-18-13-9-11(16(19)20-2)7-8-12(13)14(15(18)17)10-5-3-4-6-10/h7-10H,3-6H2,1-2H3. The molecule has 1 aliphatic carbocycles. The van der Waals surface area contributed by atoms with Gasteiger partial charge in [0.05, 0.1) is 12.7 Å². The SMILES string of the molecule is [B]c1c(C2CCCC2)c2ccc(C(=O)OC)cc2n1C. The van der Waals surface area contributed by atoms with Gasteiger partial charge in [-0.05, 0) is 42.0 Å². The Labute approximate surface area is 120 Å². The van der Waals surface area contributed by atoms with E-state index in [0.29, 0.717) is 11.5 Å². The van der Waals surface area contributed by atoms with E-state index in [0.717, 1.165) is 11.1 Å². The van der Waals surface area contributed by atoms with Crippen LogP contribution < -0.4 is 5.59 Å². The lowest BCUT2D eigenvalue weighted by atomic mass is 9.87. The third-order valence-electron chi connectivity index (χ3n) is 4.47. The van der Waals surface area contributed by atoms with Gasteiger partial charge in [0.15, 0.2) is 0 Å². The van der Waals surface area contributed by atoms with Gasteiger partial charge in [0.2, 0.25) is 0 Å². The molecule has 1 saturated carbocycles. The van der Waals surface area contributed by atoms with Crippen molar-refractivity contribution in [3.05, 3.63) is 29.3 Å². The molecule has 0 atom stereocenters. The van der Waals surface area contributed by atoms with Crippen LogP contribution in [-0.4, -0.2) is 25.5 Å². The fourth-order valence-electron chi connectivity index (χ4n) is 3.37. The van der Waals surface area contributed by atoms with Gasteiger partial charge < -0.3 is 9.30 Å². The molecular weight excluding hydrogens is 249 g/mol. The summed E-state index contributed by atoms with van der Waals surface area (Å²) in [5, 5.41) is 1.17. The molecule has 102 valence electrons. The Balaban J connectivity index is 2.17. The van der Waals surface area contributed by atoms with Crippen LogP contribution in [0, 0.1) is 0 Å². The second-order valence-corrected chi connectivity index (χ2v) is 5.56. The van der Waals surface area contributed by atoms with Gasteiger partial charge >= 0.3 is 5.97 Å². The number of ether oxygens (including phenoxy) is 1. The van der Waals surface area contributed by atoms with Crippen LogP contribution in [0.1, 0.15) is 47.5 Å². The number of carbonyl (C=O) groups excluding carboxylic acids is 1. The summed E-state index contributed by atoms with van der Waals surface area (Å²) in [6, 6.07) is 5.70. The molecule has 0 amide bonds. The molecular formula is C16H18BNO2. The fourth-order valence-corrected chi connectivity index (χ4v) is 3.37. The van der Waals surface area contributed by atoms with Crippen LogP contribution in [0.25, 0.3) is 10.9 Å². The number of hydrogen-bond acceptors (Lipinski definition) is 2. The number of fused-ring (bicyclic) bond motifs is 1. The molecule has 0 spiro atoms. The van der Waals surface area contributed by atoms with E-state index >= 15 is 0 Å². The molecule has 0 saturated heterocycles. The summed E-state index contributed by atoms with van der Waals surface area (Å²) in [5.41, 5.74) is 3.66. The third-order valence-corrected chi connectivity index (χ3v) is 4.47. The van der Waals surface area contributed by atoms with Crippen molar-refractivity contribution in [3.8, 4) is 0 Å². The molecule has 3 nitrogen and oxygen atoms in total. The second-order valence-electron chi connectivity index (χ2n) is 5.56. The molecule has 0 aliphatic heterocycles. The van der Waals surface area contributed by atoms with Gasteiger partial charge in [-0.25, -0.2) is 4.79 Å². The van der Waals surface area contributed by atoms with Crippen molar-refractivity contribution < 1.29 is 9.53 Å². The molecule has 1 aliphatic rings. The number of hydrogen-bond donors (Lipinski definition) is 0. The summed E-state index contributed by atoms with van der Waals surface area (Å²) in [7, 11) is 9.65. The van der Waals surface area contributed by atoms with Gasteiger partial charge in [0.1, 0.15) is 7.85 Å². The Morgan fingerprint density at radius 2 is 2.05 bits per heavy atom. The number of aromatic nitrogens is 1. The Kier molecular flexibility index (Phi) is 3.32. The number of aryl methyl sites for hydroxylation is 1. The highest BCUT2D eigenvalue weighted by atomic mass is 16.5. The van der Waals surface area contributed by atoms with E-state index < -0.39 is 0 Å². The van der Waals surface area contributed by atoms with Crippen LogP contribution in [0.5, 0.6) is 0 Å². The van der Waals surface area contributed by atoms with Crippen molar-refractivity contribution >= 4 is 30.3 Å². The predicted molar refractivity (Wildman–Crippen MR) is 80.9 cm³/mol. The predicted octanol–water partition coefficient (Wildman–Crippen LogP) is 2.42. The lowest BCUT2D eigenvalue weighted by molar-refractivity contribution is 0.0601. The molecule has 0 N–H and O–H groups in total. The van der Waals surface area contributed by atoms with E-state index in [2.05, 4.69) is 0 Å². The van der Waals surface area contributed by atoms with Crippen molar-refractivity contribution in [2.24, 2.45) is 7.05 Å². The fraction of sp³-hybridized carbons (Fsp3) is 0.438. The molecule has 3 rings (SSSR count). The topological polar surface area (TPSA) is 31.2 Å². The average molecular weight is 267 g/mol. The van der Waals surface area contributed by atoms with Crippen LogP contribution in [0.15, 0.2) is 18.2 Å². The average Bonchev–Trinajstić information content (AvgIpc) is 3.06. The number of nitrogens with zero attached hydrogens (tertiary/aromatic N) is 1. The van der Waals surface area contributed by atoms with Crippen LogP contribution in [0.3, 0.4) is 0 Å². The number of rotatable bonds is 2. The summed E-state index contributed by atoms with van der Waals surface area (Å²) in [4.78, 5) is 11.7. The van der Waals surface area contributed by atoms with Gasteiger partial charge in [-0.3, -0.25) is 0 Å². The molecule has 0 bridgehead atoms. The number of esters is 1. The minimum Gasteiger partial charge on any atom is -0.465 e. The van der Waals surface area contributed by atoms with Crippen LogP contribution in [0.2, 0.25) is 0 Å². The van der Waals surface area contributed by atoms with E-state index in [9.17, 15) is 4.79 Å². The quantitative estimate of drug-likeness (QED) is 0.618. The van der Waals surface area contributed by atoms with E-state index in [1.54, 1.807) is 0 Å². The lowest BCUT2D eigenvalue weighted by Crippen LogP contribution is -2.18. The highest BCUT2D eigenvalue weighted by Gasteiger charge is 2.23. The zero-order valence-corrected chi connectivity index (χ0v) is 12.0. The largest absolute Gasteiger partial charge is 0.465 e. The van der Waals surface area contributed by atoms with Gasteiger partial charge in [-0.1, -0.05) is 18.9 Å². The van der Waals surface area contributed by atoms with Crippen molar-refractivity contribution in [1.82, 2.24) is 4.57 Å². The maximum Gasteiger partial charge on any atom is 0.337 e. The smallest absolute Gasteiger partial charge is 0.337 e. The van der Waals surface area contributed by atoms with Gasteiger partial charge in [-0.15, -0.1) is 0 Å².